The van der Waals surface area contributed by atoms with Gasteiger partial charge in [0.2, 0.25) is 11.8 Å². The van der Waals surface area contributed by atoms with Crippen molar-refractivity contribution >= 4 is 38.2 Å². The summed E-state index contributed by atoms with van der Waals surface area (Å²) in [4.78, 5) is 23.4. The van der Waals surface area contributed by atoms with E-state index < -0.39 is 9.84 Å². The summed E-state index contributed by atoms with van der Waals surface area (Å²) in [6.07, 6.45) is 2.24. The number of amides is 2. The van der Waals surface area contributed by atoms with Crippen molar-refractivity contribution in [1.82, 2.24) is 9.88 Å². The third-order valence-electron chi connectivity index (χ3n) is 4.04. The lowest BCUT2D eigenvalue weighted by atomic mass is 10.2. The van der Waals surface area contributed by atoms with Gasteiger partial charge in [-0.2, -0.15) is 0 Å². The van der Waals surface area contributed by atoms with Gasteiger partial charge in [-0.1, -0.05) is 6.07 Å². The molecule has 24 heavy (non-hydrogen) atoms. The summed E-state index contributed by atoms with van der Waals surface area (Å²) in [6.45, 7) is 1.54. The molecule has 128 valence electrons. The van der Waals surface area contributed by atoms with Gasteiger partial charge >= 0.3 is 0 Å². The largest absolute Gasteiger partial charge is 0.351 e. The Morgan fingerprint density at radius 1 is 1.29 bits per heavy atom. The summed E-state index contributed by atoms with van der Waals surface area (Å²) in [5.74, 6) is -0.238. The quantitative estimate of drug-likeness (QED) is 0.857. The average Bonchev–Trinajstić information content (AvgIpc) is 3.03. The Morgan fingerprint density at radius 2 is 2.08 bits per heavy atom. The van der Waals surface area contributed by atoms with Crippen molar-refractivity contribution in [2.24, 2.45) is 0 Å². The fourth-order valence-corrected chi connectivity index (χ4v) is 4.67. The van der Waals surface area contributed by atoms with Crippen LogP contribution in [0.4, 0.5) is 5.69 Å². The molecule has 2 N–H and O–H groups in total. The van der Waals surface area contributed by atoms with E-state index in [0.29, 0.717) is 12.1 Å². The molecule has 2 heterocycles. The van der Waals surface area contributed by atoms with Crippen molar-refractivity contribution < 1.29 is 18.0 Å². The molecule has 0 radical (unpaired) electrons. The Morgan fingerprint density at radius 3 is 2.75 bits per heavy atom. The highest BCUT2D eigenvalue weighted by Gasteiger charge is 2.28. The lowest BCUT2D eigenvalue weighted by Crippen LogP contribution is -2.37. The first-order chi connectivity index (χ1) is 11.3. The van der Waals surface area contributed by atoms with Gasteiger partial charge in [0.15, 0.2) is 9.84 Å². The Hall–Kier alpha value is -2.35. The van der Waals surface area contributed by atoms with Gasteiger partial charge in [-0.15, -0.1) is 0 Å². The fourth-order valence-electron chi connectivity index (χ4n) is 3.00. The summed E-state index contributed by atoms with van der Waals surface area (Å²) < 4.78 is 24.7. The van der Waals surface area contributed by atoms with E-state index in [0.717, 1.165) is 10.9 Å². The molecule has 1 aliphatic rings. The van der Waals surface area contributed by atoms with E-state index in [4.69, 9.17) is 0 Å². The molecule has 2 amide bonds. The van der Waals surface area contributed by atoms with E-state index in [2.05, 4.69) is 10.6 Å². The molecule has 7 nitrogen and oxygen atoms in total. The van der Waals surface area contributed by atoms with Crippen molar-refractivity contribution in [3.05, 3.63) is 30.5 Å². The van der Waals surface area contributed by atoms with Crippen LogP contribution >= 0.6 is 0 Å². The molecule has 0 saturated carbocycles. The van der Waals surface area contributed by atoms with E-state index in [-0.39, 0.29) is 35.9 Å². The predicted octanol–water partition coefficient (Wildman–Crippen LogP) is 0.903. The van der Waals surface area contributed by atoms with Gasteiger partial charge in [-0.25, -0.2) is 8.42 Å². The Bertz CT molecular complexity index is 901. The number of rotatable bonds is 4. The first-order valence-electron chi connectivity index (χ1n) is 7.69. The molecule has 1 aliphatic heterocycles. The minimum atomic E-state index is -3.02. The van der Waals surface area contributed by atoms with Crippen molar-refractivity contribution in [2.75, 3.05) is 16.8 Å². The molecule has 1 fully saturated rings. The third-order valence-corrected chi connectivity index (χ3v) is 5.80. The molecule has 0 unspecified atom stereocenters. The van der Waals surface area contributed by atoms with Crippen molar-refractivity contribution in [3.63, 3.8) is 0 Å². The standard InChI is InChI=1S/C16H19N3O4S/c1-11(20)17-14-3-2-4-15-13(14)5-7-19(15)9-16(21)18-12-6-8-24(22,23)10-12/h2-5,7,12H,6,8-10H2,1H3,(H,17,20)(H,18,21)/t12-/m0/s1. The first-order valence-corrected chi connectivity index (χ1v) is 9.51. The molecule has 0 aliphatic carbocycles. The van der Waals surface area contributed by atoms with Crippen LogP contribution in [0, 0.1) is 0 Å². The summed E-state index contributed by atoms with van der Waals surface area (Å²) in [5.41, 5.74) is 1.52. The number of anilines is 1. The molecule has 1 atom stereocenters. The van der Waals surface area contributed by atoms with Crippen LogP contribution in [-0.4, -0.2) is 42.3 Å². The molecule has 1 aromatic carbocycles. The van der Waals surface area contributed by atoms with Crippen LogP contribution in [0.15, 0.2) is 30.5 Å². The number of aromatic nitrogens is 1. The Labute approximate surface area is 139 Å². The van der Waals surface area contributed by atoms with Gasteiger partial charge in [-0.05, 0) is 24.6 Å². The zero-order valence-electron chi connectivity index (χ0n) is 13.3. The number of carbonyl (C=O) groups is 2. The number of fused-ring (bicyclic) bond motifs is 1. The minimum Gasteiger partial charge on any atom is -0.351 e. The van der Waals surface area contributed by atoms with Gasteiger partial charge in [0.25, 0.3) is 0 Å². The zero-order valence-corrected chi connectivity index (χ0v) is 14.1. The minimum absolute atomic E-state index is 0.0118. The topological polar surface area (TPSA) is 97.3 Å². The molecule has 0 spiro atoms. The van der Waals surface area contributed by atoms with Crippen molar-refractivity contribution in [3.8, 4) is 0 Å². The van der Waals surface area contributed by atoms with Crippen molar-refractivity contribution in [1.29, 1.82) is 0 Å². The molecular formula is C16H19N3O4S. The number of carbonyl (C=O) groups excluding carboxylic acids is 2. The van der Waals surface area contributed by atoms with E-state index in [1.165, 1.54) is 6.92 Å². The summed E-state index contributed by atoms with van der Waals surface area (Å²) >= 11 is 0. The maximum Gasteiger partial charge on any atom is 0.240 e. The maximum atomic E-state index is 12.2. The summed E-state index contributed by atoms with van der Waals surface area (Å²) in [6, 6.07) is 7.02. The van der Waals surface area contributed by atoms with Gasteiger partial charge < -0.3 is 15.2 Å². The number of nitrogens with zero attached hydrogens (tertiary/aromatic N) is 1. The van der Waals surface area contributed by atoms with Crippen LogP contribution in [-0.2, 0) is 26.0 Å². The molecule has 0 bridgehead atoms. The second-order valence-electron chi connectivity index (χ2n) is 6.03. The number of nitrogens with one attached hydrogen (secondary N) is 2. The van der Waals surface area contributed by atoms with Gasteiger partial charge in [-0.3, -0.25) is 9.59 Å². The lowest BCUT2D eigenvalue weighted by Gasteiger charge is -2.12. The third kappa shape index (κ3) is 3.59. The van der Waals surface area contributed by atoms with Crippen molar-refractivity contribution in [2.45, 2.75) is 25.9 Å². The van der Waals surface area contributed by atoms with Crippen LogP contribution in [0.2, 0.25) is 0 Å². The highest BCUT2D eigenvalue weighted by atomic mass is 32.2. The SMILES string of the molecule is CC(=O)Nc1cccc2c1ccn2CC(=O)N[C@H]1CCS(=O)(=O)C1. The highest BCUT2D eigenvalue weighted by Crippen LogP contribution is 2.24. The number of hydrogen-bond donors (Lipinski definition) is 2. The van der Waals surface area contributed by atoms with Crippen LogP contribution in [0.25, 0.3) is 10.9 Å². The lowest BCUT2D eigenvalue weighted by molar-refractivity contribution is -0.122. The molecule has 2 aromatic rings. The number of benzene rings is 1. The Kier molecular flexibility index (Phi) is 4.31. The number of sulfone groups is 1. The first kappa shape index (κ1) is 16.5. The molecular weight excluding hydrogens is 330 g/mol. The van der Waals surface area contributed by atoms with Crippen LogP contribution in [0.5, 0.6) is 0 Å². The summed E-state index contributed by atoms with van der Waals surface area (Å²) in [7, 11) is -3.02. The second kappa shape index (κ2) is 6.27. The van der Waals surface area contributed by atoms with E-state index in [9.17, 15) is 18.0 Å². The van der Waals surface area contributed by atoms with Gasteiger partial charge in [0.05, 0.1) is 22.7 Å². The summed E-state index contributed by atoms with van der Waals surface area (Å²) in [5, 5.41) is 6.39. The average molecular weight is 349 g/mol. The van der Waals surface area contributed by atoms with Gasteiger partial charge in [0, 0.05) is 24.5 Å². The molecule has 8 heteroatoms. The second-order valence-corrected chi connectivity index (χ2v) is 8.26. The van der Waals surface area contributed by atoms with Crippen LogP contribution in [0.3, 0.4) is 0 Å². The Balaban J connectivity index is 1.73. The van der Waals surface area contributed by atoms with Gasteiger partial charge in [0.1, 0.15) is 6.54 Å². The normalized spacial score (nSPS) is 19.3. The monoisotopic (exact) mass is 349 g/mol. The fraction of sp³-hybridized carbons (Fsp3) is 0.375. The highest BCUT2D eigenvalue weighted by molar-refractivity contribution is 7.91. The van der Waals surface area contributed by atoms with E-state index >= 15 is 0 Å². The zero-order chi connectivity index (χ0) is 17.3. The maximum absolute atomic E-state index is 12.2. The van der Waals surface area contributed by atoms with E-state index in [1.54, 1.807) is 16.8 Å². The smallest absolute Gasteiger partial charge is 0.240 e. The molecule has 1 aromatic heterocycles. The molecule has 3 rings (SSSR count). The number of hydrogen-bond acceptors (Lipinski definition) is 4. The van der Waals surface area contributed by atoms with E-state index in [1.807, 2.05) is 18.2 Å². The predicted molar refractivity (Wildman–Crippen MR) is 91.4 cm³/mol. The van der Waals surface area contributed by atoms with Crippen LogP contribution in [0.1, 0.15) is 13.3 Å². The molecule has 1 saturated heterocycles. The van der Waals surface area contributed by atoms with Crippen LogP contribution < -0.4 is 10.6 Å².